The van der Waals surface area contributed by atoms with E-state index >= 15 is 0 Å². The van der Waals surface area contributed by atoms with Gasteiger partial charge in [0, 0.05) is 11.4 Å². The summed E-state index contributed by atoms with van der Waals surface area (Å²) in [6.07, 6.45) is 1.80. The monoisotopic (exact) mass is 457 g/mol. The summed E-state index contributed by atoms with van der Waals surface area (Å²) in [6.45, 7) is 7.81. The topological polar surface area (TPSA) is 81.2 Å². The van der Waals surface area contributed by atoms with Crippen molar-refractivity contribution in [1.82, 2.24) is 15.3 Å². The minimum atomic E-state index is -0.346. The van der Waals surface area contributed by atoms with Crippen LogP contribution in [0.1, 0.15) is 46.9 Å². The fourth-order valence-electron chi connectivity index (χ4n) is 3.25. The molecule has 0 spiro atoms. The van der Waals surface area contributed by atoms with Gasteiger partial charge in [0.05, 0.1) is 12.4 Å². The van der Waals surface area contributed by atoms with Crippen LogP contribution in [-0.2, 0) is 16.0 Å². The first-order valence-corrected chi connectivity index (χ1v) is 12.1. The van der Waals surface area contributed by atoms with Crippen LogP contribution in [0.5, 0.6) is 0 Å². The molecule has 8 heteroatoms. The Morgan fingerprint density at radius 1 is 1.19 bits per heavy atom. The van der Waals surface area contributed by atoms with E-state index in [1.165, 1.54) is 28.7 Å². The lowest BCUT2D eigenvalue weighted by molar-refractivity contribution is -0.119. The molecule has 1 atom stereocenters. The lowest BCUT2D eigenvalue weighted by atomic mass is 10.1. The molecule has 1 N–H and O–H groups in total. The number of esters is 1. The Balaban J connectivity index is 1.64. The number of nitrogens with one attached hydrogen (secondary N) is 1. The summed E-state index contributed by atoms with van der Waals surface area (Å²) in [7, 11) is 0. The van der Waals surface area contributed by atoms with E-state index in [1.54, 1.807) is 6.92 Å². The van der Waals surface area contributed by atoms with Crippen LogP contribution in [0, 0.1) is 13.8 Å². The van der Waals surface area contributed by atoms with Crippen LogP contribution < -0.4 is 5.32 Å². The minimum Gasteiger partial charge on any atom is -0.462 e. The van der Waals surface area contributed by atoms with E-state index in [-0.39, 0.29) is 23.7 Å². The molecule has 0 unspecified atom stereocenters. The summed E-state index contributed by atoms with van der Waals surface area (Å²) >= 11 is 2.68. The summed E-state index contributed by atoms with van der Waals surface area (Å²) in [5, 5.41) is 4.61. The molecule has 0 aliphatic rings. The number of carbonyl (C=O) groups excluding carboxylic acids is 2. The Morgan fingerprint density at radius 2 is 1.94 bits per heavy atom. The van der Waals surface area contributed by atoms with Gasteiger partial charge in [-0.2, -0.15) is 0 Å². The van der Waals surface area contributed by atoms with Gasteiger partial charge in [0.1, 0.15) is 20.6 Å². The smallest absolute Gasteiger partial charge is 0.348 e. The molecule has 1 amide bonds. The minimum absolute atomic E-state index is 0.0338. The molecule has 0 saturated heterocycles. The zero-order chi connectivity index (χ0) is 22.4. The summed E-state index contributed by atoms with van der Waals surface area (Å²) in [4.78, 5) is 35.0. The molecule has 0 saturated carbocycles. The highest BCUT2D eigenvalue weighted by Crippen LogP contribution is 2.36. The second-order valence-electron chi connectivity index (χ2n) is 7.31. The average Bonchev–Trinajstić information content (AvgIpc) is 3.07. The molecule has 0 aliphatic heterocycles. The fourth-order valence-corrected chi connectivity index (χ4v) is 5.38. The van der Waals surface area contributed by atoms with E-state index in [1.807, 2.05) is 39.0 Å². The van der Waals surface area contributed by atoms with Crippen molar-refractivity contribution in [3.8, 4) is 0 Å². The van der Waals surface area contributed by atoms with E-state index in [2.05, 4.69) is 27.4 Å². The Kier molecular flexibility index (Phi) is 8.03. The lowest BCUT2D eigenvalue weighted by Gasteiger charge is -2.14. The van der Waals surface area contributed by atoms with Gasteiger partial charge >= 0.3 is 5.97 Å². The highest BCUT2D eigenvalue weighted by Gasteiger charge is 2.21. The molecule has 164 valence electrons. The third-order valence-electron chi connectivity index (χ3n) is 4.79. The first-order valence-electron chi connectivity index (χ1n) is 10.3. The van der Waals surface area contributed by atoms with Crippen molar-refractivity contribution in [2.45, 2.75) is 51.6 Å². The van der Waals surface area contributed by atoms with Gasteiger partial charge in [-0.05, 0) is 51.7 Å². The van der Waals surface area contributed by atoms with E-state index < -0.39 is 0 Å². The number of thiophene rings is 1. The number of hydrogen-bond acceptors (Lipinski definition) is 7. The Bertz CT molecular complexity index is 1070. The number of ether oxygens (including phenoxy) is 1. The zero-order valence-electron chi connectivity index (χ0n) is 18.2. The molecule has 2 aromatic heterocycles. The molecule has 3 rings (SSSR count). The van der Waals surface area contributed by atoms with Crippen molar-refractivity contribution in [1.29, 1.82) is 0 Å². The van der Waals surface area contributed by atoms with Gasteiger partial charge in [-0.25, -0.2) is 14.8 Å². The van der Waals surface area contributed by atoms with Gasteiger partial charge in [0.25, 0.3) is 0 Å². The average molecular weight is 458 g/mol. The lowest BCUT2D eigenvalue weighted by Crippen LogP contribution is -2.34. The van der Waals surface area contributed by atoms with Crippen molar-refractivity contribution in [3.05, 3.63) is 52.2 Å². The number of amides is 1. The third-order valence-corrected chi connectivity index (χ3v) is 6.93. The summed E-state index contributed by atoms with van der Waals surface area (Å²) in [5.41, 5.74) is 2.07. The van der Waals surface area contributed by atoms with E-state index in [0.29, 0.717) is 17.3 Å². The molecule has 0 bridgehead atoms. The fraction of sp³-hybridized carbons (Fsp3) is 0.391. The number of aromatic nitrogens is 2. The van der Waals surface area contributed by atoms with Crippen LogP contribution in [0.3, 0.4) is 0 Å². The number of fused-ring (bicyclic) bond motifs is 1. The van der Waals surface area contributed by atoms with Crippen molar-refractivity contribution < 1.29 is 14.3 Å². The van der Waals surface area contributed by atoms with Gasteiger partial charge in [-0.1, -0.05) is 42.1 Å². The van der Waals surface area contributed by atoms with Crippen LogP contribution in [0.4, 0.5) is 0 Å². The maximum atomic E-state index is 12.5. The predicted octanol–water partition coefficient (Wildman–Crippen LogP) is 4.71. The number of thioether (sulfide) groups is 1. The SMILES string of the molecule is CCOC(=O)c1sc2nc(C)nc(SCC(=O)N[C@H](C)CCc3ccccc3)c2c1C. The molecule has 3 aromatic rings. The largest absolute Gasteiger partial charge is 0.462 e. The number of aryl methyl sites for hydroxylation is 3. The number of nitrogens with zero attached hydrogens (tertiary/aromatic N) is 2. The van der Waals surface area contributed by atoms with Crippen molar-refractivity contribution in [3.63, 3.8) is 0 Å². The molecule has 2 heterocycles. The van der Waals surface area contributed by atoms with E-state index in [9.17, 15) is 9.59 Å². The Labute approximate surface area is 190 Å². The number of rotatable bonds is 9. The molecule has 0 fully saturated rings. The molecule has 31 heavy (non-hydrogen) atoms. The van der Waals surface area contributed by atoms with Crippen molar-refractivity contribution >= 4 is 45.2 Å². The third kappa shape index (κ3) is 6.04. The van der Waals surface area contributed by atoms with E-state index in [0.717, 1.165) is 33.6 Å². The van der Waals surface area contributed by atoms with Gasteiger partial charge < -0.3 is 10.1 Å². The highest BCUT2D eigenvalue weighted by atomic mass is 32.2. The van der Waals surface area contributed by atoms with Crippen molar-refractivity contribution in [2.75, 3.05) is 12.4 Å². The maximum Gasteiger partial charge on any atom is 0.348 e. The molecular formula is C23H27N3O3S2. The number of carbonyl (C=O) groups is 2. The van der Waals surface area contributed by atoms with Gasteiger partial charge in [-0.3, -0.25) is 4.79 Å². The van der Waals surface area contributed by atoms with Gasteiger partial charge in [0.2, 0.25) is 5.91 Å². The van der Waals surface area contributed by atoms with Crippen LogP contribution in [0.25, 0.3) is 10.2 Å². The Hall–Kier alpha value is -2.45. The molecular weight excluding hydrogens is 430 g/mol. The first-order chi connectivity index (χ1) is 14.9. The maximum absolute atomic E-state index is 12.5. The summed E-state index contributed by atoms with van der Waals surface area (Å²) in [5.74, 6) is 0.490. The number of hydrogen-bond donors (Lipinski definition) is 1. The normalized spacial score (nSPS) is 12.0. The summed E-state index contributed by atoms with van der Waals surface area (Å²) in [6, 6.07) is 10.3. The predicted molar refractivity (Wildman–Crippen MR) is 126 cm³/mol. The second kappa shape index (κ2) is 10.7. The van der Waals surface area contributed by atoms with Gasteiger partial charge in [-0.15, -0.1) is 11.3 Å². The van der Waals surface area contributed by atoms with Crippen LogP contribution in [-0.4, -0.2) is 40.2 Å². The van der Waals surface area contributed by atoms with Crippen LogP contribution in [0.15, 0.2) is 35.4 Å². The Morgan fingerprint density at radius 3 is 2.65 bits per heavy atom. The zero-order valence-corrected chi connectivity index (χ0v) is 19.9. The quantitative estimate of drug-likeness (QED) is 0.285. The molecule has 0 radical (unpaired) electrons. The second-order valence-corrected chi connectivity index (χ2v) is 9.28. The van der Waals surface area contributed by atoms with Gasteiger partial charge in [0.15, 0.2) is 0 Å². The molecule has 6 nitrogen and oxygen atoms in total. The summed E-state index contributed by atoms with van der Waals surface area (Å²) < 4.78 is 5.16. The molecule has 1 aromatic carbocycles. The highest BCUT2D eigenvalue weighted by molar-refractivity contribution is 8.00. The first kappa shape index (κ1) is 23.2. The van der Waals surface area contributed by atoms with Crippen LogP contribution in [0.2, 0.25) is 0 Å². The molecule has 0 aliphatic carbocycles. The standard InChI is InChI=1S/C23H27N3O3S2/c1-5-29-23(28)20-15(3)19-21(25-16(4)26-22(19)31-20)30-13-18(27)24-14(2)11-12-17-9-7-6-8-10-17/h6-10,14H,5,11-13H2,1-4H3,(H,24,27)/t14-/m1/s1. The van der Waals surface area contributed by atoms with Crippen LogP contribution >= 0.6 is 23.1 Å². The number of benzene rings is 1. The van der Waals surface area contributed by atoms with E-state index in [4.69, 9.17) is 4.74 Å². The van der Waals surface area contributed by atoms with Crippen molar-refractivity contribution in [2.24, 2.45) is 0 Å².